The van der Waals surface area contributed by atoms with Gasteiger partial charge in [-0.05, 0) is 30.5 Å². The van der Waals surface area contributed by atoms with Crippen molar-refractivity contribution >= 4 is 29.3 Å². The molecular formula is C26H28N6O6. The van der Waals surface area contributed by atoms with Gasteiger partial charge < -0.3 is 19.1 Å². The Kier molecular flexibility index (Phi) is 7.61. The van der Waals surface area contributed by atoms with Crippen molar-refractivity contribution in [2.24, 2.45) is 19.2 Å². The minimum Gasteiger partial charge on any atom is -0.493 e. The van der Waals surface area contributed by atoms with Crippen molar-refractivity contribution in [3.05, 3.63) is 80.0 Å². The van der Waals surface area contributed by atoms with Crippen molar-refractivity contribution < 1.29 is 19.4 Å². The fraction of sp³-hybridized carbons (Fsp3) is 0.269. The third-order valence-electron chi connectivity index (χ3n) is 6.20. The number of anilines is 1. The summed E-state index contributed by atoms with van der Waals surface area (Å²) < 4.78 is 14.5. The smallest absolute Gasteiger partial charge is 0.340 e. The standard InChI is InChI=1S/C26H28N6O6/c1-30-22-20(23(33)31(2)26(30)36)32(14-8-11-16-9-6-5-7-10-16)25(28-22)29-27-15-17-12-13-18(37-3)21(38-4)19(17)24(34)35/h5-7,9-10,12-13,15H,8,11,14H2,1-4H3,(H,28,29)(H,34,35). The van der Waals surface area contributed by atoms with Crippen LogP contribution in [0.3, 0.4) is 0 Å². The van der Waals surface area contributed by atoms with E-state index < -0.39 is 17.2 Å². The van der Waals surface area contributed by atoms with Crippen molar-refractivity contribution in [3.8, 4) is 11.5 Å². The van der Waals surface area contributed by atoms with Gasteiger partial charge >= 0.3 is 11.7 Å². The molecule has 0 fully saturated rings. The average molecular weight is 521 g/mol. The molecule has 12 nitrogen and oxygen atoms in total. The number of rotatable bonds is 10. The van der Waals surface area contributed by atoms with Crippen molar-refractivity contribution in [2.45, 2.75) is 19.4 Å². The van der Waals surface area contributed by atoms with Crippen molar-refractivity contribution in [1.29, 1.82) is 0 Å². The summed E-state index contributed by atoms with van der Waals surface area (Å²) in [5, 5.41) is 14.0. The number of imidazole rings is 1. The first-order valence-corrected chi connectivity index (χ1v) is 11.8. The van der Waals surface area contributed by atoms with E-state index >= 15 is 0 Å². The van der Waals surface area contributed by atoms with Crippen LogP contribution in [-0.2, 0) is 27.1 Å². The van der Waals surface area contributed by atoms with E-state index in [2.05, 4.69) is 15.5 Å². The highest BCUT2D eigenvalue weighted by atomic mass is 16.5. The first-order valence-electron chi connectivity index (χ1n) is 11.8. The predicted molar refractivity (Wildman–Crippen MR) is 143 cm³/mol. The van der Waals surface area contributed by atoms with Crippen LogP contribution in [0, 0.1) is 0 Å². The molecule has 0 radical (unpaired) electrons. The number of nitrogens with one attached hydrogen (secondary N) is 1. The number of ether oxygens (including phenoxy) is 2. The number of hydrazone groups is 1. The van der Waals surface area contributed by atoms with Gasteiger partial charge in [0.25, 0.3) is 5.56 Å². The van der Waals surface area contributed by atoms with Gasteiger partial charge in [-0.25, -0.2) is 15.0 Å². The third kappa shape index (κ3) is 4.88. The highest BCUT2D eigenvalue weighted by Crippen LogP contribution is 2.33. The summed E-state index contributed by atoms with van der Waals surface area (Å²) >= 11 is 0. The van der Waals surface area contributed by atoms with Gasteiger partial charge in [0.05, 0.1) is 20.4 Å². The van der Waals surface area contributed by atoms with E-state index in [1.807, 2.05) is 30.3 Å². The van der Waals surface area contributed by atoms with Gasteiger partial charge in [0.2, 0.25) is 5.95 Å². The minimum absolute atomic E-state index is 0.0654. The topological polar surface area (TPSA) is 142 Å². The number of hydrogen-bond donors (Lipinski definition) is 2. The summed E-state index contributed by atoms with van der Waals surface area (Å²) in [5.41, 5.74) is 3.62. The van der Waals surface area contributed by atoms with E-state index in [0.717, 1.165) is 16.6 Å². The fourth-order valence-corrected chi connectivity index (χ4v) is 4.27. The molecule has 0 saturated carbocycles. The number of carbonyl (C=O) groups is 1. The molecule has 0 bridgehead atoms. The zero-order valence-corrected chi connectivity index (χ0v) is 21.5. The molecular weight excluding hydrogens is 492 g/mol. The molecule has 0 saturated heterocycles. The molecule has 198 valence electrons. The number of nitrogens with zero attached hydrogens (tertiary/aromatic N) is 5. The maximum Gasteiger partial charge on any atom is 0.340 e. The molecule has 0 aliphatic heterocycles. The molecule has 2 aromatic heterocycles. The predicted octanol–water partition coefficient (Wildman–Crippen LogP) is 2.23. The number of benzene rings is 2. The van der Waals surface area contributed by atoms with E-state index in [4.69, 9.17) is 9.47 Å². The lowest BCUT2D eigenvalue weighted by atomic mass is 10.1. The second-order valence-corrected chi connectivity index (χ2v) is 8.49. The van der Waals surface area contributed by atoms with Crippen molar-refractivity contribution in [2.75, 3.05) is 19.6 Å². The number of hydrogen-bond acceptors (Lipinski definition) is 8. The van der Waals surface area contributed by atoms with Crippen LogP contribution in [0.4, 0.5) is 5.95 Å². The average Bonchev–Trinajstić information content (AvgIpc) is 3.29. The normalized spacial score (nSPS) is 11.3. The number of aromatic nitrogens is 4. The zero-order valence-electron chi connectivity index (χ0n) is 21.5. The van der Waals surface area contributed by atoms with Gasteiger partial charge in [0.15, 0.2) is 22.7 Å². The van der Waals surface area contributed by atoms with Crippen LogP contribution in [0.5, 0.6) is 11.5 Å². The largest absolute Gasteiger partial charge is 0.493 e. The van der Waals surface area contributed by atoms with E-state index in [1.165, 1.54) is 38.1 Å². The summed E-state index contributed by atoms with van der Waals surface area (Å²) in [6.07, 6.45) is 2.78. The van der Waals surface area contributed by atoms with Gasteiger partial charge in [-0.1, -0.05) is 30.3 Å². The second kappa shape index (κ2) is 11.0. The van der Waals surface area contributed by atoms with Gasteiger partial charge in [-0.15, -0.1) is 0 Å². The summed E-state index contributed by atoms with van der Waals surface area (Å²) in [6.45, 7) is 0.424. The molecule has 12 heteroatoms. The lowest BCUT2D eigenvalue weighted by Gasteiger charge is -2.12. The molecule has 0 atom stereocenters. The van der Waals surface area contributed by atoms with Gasteiger partial charge in [-0.3, -0.25) is 13.9 Å². The highest BCUT2D eigenvalue weighted by Gasteiger charge is 2.21. The molecule has 4 aromatic rings. The Hall–Kier alpha value is -4.87. The van der Waals surface area contributed by atoms with Crippen LogP contribution < -0.4 is 26.1 Å². The lowest BCUT2D eigenvalue weighted by molar-refractivity contribution is 0.0692. The van der Waals surface area contributed by atoms with Crippen LogP contribution in [0.15, 0.2) is 57.2 Å². The maximum absolute atomic E-state index is 13.0. The van der Waals surface area contributed by atoms with E-state index in [-0.39, 0.29) is 39.7 Å². The monoisotopic (exact) mass is 520 g/mol. The van der Waals surface area contributed by atoms with Crippen LogP contribution in [0.2, 0.25) is 0 Å². The molecule has 0 aliphatic carbocycles. The Morgan fingerprint density at radius 2 is 1.82 bits per heavy atom. The van der Waals surface area contributed by atoms with Crippen LogP contribution in [0.25, 0.3) is 11.2 Å². The number of methoxy groups -OCH3 is 2. The zero-order chi connectivity index (χ0) is 27.4. The molecule has 0 spiro atoms. The Labute approximate surface area is 217 Å². The Morgan fingerprint density at radius 1 is 1.08 bits per heavy atom. The quantitative estimate of drug-likeness (QED) is 0.239. The SMILES string of the molecule is COc1ccc(C=NNc2nc3c(c(=O)n(C)c(=O)n3C)n2CCCc2ccccc2)c(C(=O)O)c1OC. The number of fused-ring (bicyclic) bond motifs is 1. The van der Waals surface area contributed by atoms with Gasteiger partial charge in [-0.2, -0.15) is 10.1 Å². The van der Waals surface area contributed by atoms with Crippen molar-refractivity contribution in [3.63, 3.8) is 0 Å². The van der Waals surface area contributed by atoms with Crippen molar-refractivity contribution in [1.82, 2.24) is 18.7 Å². The third-order valence-corrected chi connectivity index (χ3v) is 6.20. The minimum atomic E-state index is -1.21. The van der Waals surface area contributed by atoms with E-state index in [0.29, 0.717) is 13.0 Å². The van der Waals surface area contributed by atoms with Crippen LogP contribution in [0.1, 0.15) is 27.9 Å². The molecule has 0 aliphatic rings. The number of carboxylic acid groups (broad SMARTS) is 1. The molecule has 38 heavy (non-hydrogen) atoms. The Bertz CT molecular complexity index is 1630. The summed E-state index contributed by atoms with van der Waals surface area (Å²) in [7, 11) is 5.73. The molecule has 4 rings (SSSR count). The van der Waals surface area contributed by atoms with Crippen LogP contribution in [-0.4, -0.2) is 50.2 Å². The number of aryl methyl sites for hydroxylation is 3. The first-order chi connectivity index (χ1) is 18.3. The maximum atomic E-state index is 13.0. The molecule has 2 heterocycles. The summed E-state index contributed by atoms with van der Waals surface area (Å²) in [4.78, 5) is 42.0. The van der Waals surface area contributed by atoms with E-state index in [9.17, 15) is 19.5 Å². The Morgan fingerprint density at radius 3 is 2.47 bits per heavy atom. The first kappa shape index (κ1) is 26.2. The summed E-state index contributed by atoms with van der Waals surface area (Å²) in [6, 6.07) is 13.1. The number of aromatic carboxylic acids is 1. The highest BCUT2D eigenvalue weighted by molar-refractivity contribution is 6.02. The molecule has 0 amide bonds. The van der Waals surface area contributed by atoms with Gasteiger partial charge in [0.1, 0.15) is 5.56 Å². The molecule has 2 N–H and O–H groups in total. The second-order valence-electron chi connectivity index (χ2n) is 8.49. The summed E-state index contributed by atoms with van der Waals surface area (Å²) in [5.74, 6) is -0.642. The van der Waals surface area contributed by atoms with Gasteiger partial charge in [0, 0.05) is 26.2 Å². The fourth-order valence-electron chi connectivity index (χ4n) is 4.27. The Balaban J connectivity index is 1.72. The van der Waals surface area contributed by atoms with Crippen LogP contribution >= 0.6 is 0 Å². The molecule has 0 unspecified atom stereocenters. The molecule has 2 aromatic carbocycles. The number of carboxylic acids is 1. The van der Waals surface area contributed by atoms with E-state index in [1.54, 1.807) is 17.7 Å². The lowest BCUT2D eigenvalue weighted by Crippen LogP contribution is -2.37.